The molecule has 0 aliphatic heterocycles. The standard InChI is InChI=1S/C12H29NO3Si/c1-4-7-8-9-12-17(14-5-2,15-6-3)16-11-10-13/h4-13H2,1-3H3. The highest BCUT2D eigenvalue weighted by molar-refractivity contribution is 6.60. The first-order chi connectivity index (χ1) is 8.24. The Labute approximate surface area is 107 Å². The molecule has 104 valence electrons. The maximum Gasteiger partial charge on any atom is 0.500 e. The van der Waals surface area contributed by atoms with Crippen molar-refractivity contribution in [1.29, 1.82) is 0 Å². The third kappa shape index (κ3) is 7.89. The number of hydrogen-bond acceptors (Lipinski definition) is 4. The van der Waals surface area contributed by atoms with Crippen LogP contribution in [0.3, 0.4) is 0 Å². The molecule has 4 nitrogen and oxygen atoms in total. The van der Waals surface area contributed by atoms with Gasteiger partial charge in [-0.15, -0.1) is 0 Å². The van der Waals surface area contributed by atoms with Gasteiger partial charge >= 0.3 is 8.80 Å². The van der Waals surface area contributed by atoms with Crippen molar-refractivity contribution in [3.8, 4) is 0 Å². The van der Waals surface area contributed by atoms with Crippen molar-refractivity contribution in [3.05, 3.63) is 0 Å². The number of hydrogen-bond donors (Lipinski definition) is 1. The summed E-state index contributed by atoms with van der Waals surface area (Å²) in [5.41, 5.74) is 5.49. The average Bonchev–Trinajstić information content (AvgIpc) is 2.33. The summed E-state index contributed by atoms with van der Waals surface area (Å²) >= 11 is 0. The van der Waals surface area contributed by atoms with Gasteiger partial charge in [-0.05, 0) is 20.3 Å². The molecule has 17 heavy (non-hydrogen) atoms. The molecule has 0 aromatic heterocycles. The highest BCUT2D eigenvalue weighted by Crippen LogP contribution is 2.20. The molecular weight excluding hydrogens is 234 g/mol. The van der Waals surface area contributed by atoms with Crippen molar-refractivity contribution in [2.45, 2.75) is 52.5 Å². The van der Waals surface area contributed by atoms with E-state index in [4.69, 9.17) is 19.0 Å². The summed E-state index contributed by atoms with van der Waals surface area (Å²) in [5.74, 6) is 0. The summed E-state index contributed by atoms with van der Waals surface area (Å²) in [7, 11) is -2.45. The predicted octanol–water partition coefficient (Wildman–Crippen LogP) is 2.55. The van der Waals surface area contributed by atoms with Crippen molar-refractivity contribution in [3.63, 3.8) is 0 Å². The Kier molecular flexibility index (Phi) is 11.2. The second-order valence-corrected chi connectivity index (χ2v) is 6.73. The SMILES string of the molecule is CCCCCC[Si](OCC)(OCC)OCCN. The van der Waals surface area contributed by atoms with E-state index in [0.29, 0.717) is 26.4 Å². The first-order valence-corrected chi connectivity index (χ1v) is 8.79. The van der Waals surface area contributed by atoms with E-state index < -0.39 is 8.80 Å². The Morgan fingerprint density at radius 3 is 2.00 bits per heavy atom. The first kappa shape index (κ1) is 17.1. The fraction of sp³-hybridized carbons (Fsp3) is 1.00. The molecule has 2 N–H and O–H groups in total. The molecule has 0 saturated heterocycles. The molecule has 0 bridgehead atoms. The minimum Gasteiger partial charge on any atom is -0.374 e. The van der Waals surface area contributed by atoms with Crippen LogP contribution in [0.1, 0.15) is 46.5 Å². The largest absolute Gasteiger partial charge is 0.500 e. The molecule has 0 heterocycles. The van der Waals surface area contributed by atoms with E-state index in [1.165, 1.54) is 19.3 Å². The minimum absolute atomic E-state index is 0.518. The van der Waals surface area contributed by atoms with Crippen LogP contribution in [0.15, 0.2) is 0 Å². The zero-order valence-electron chi connectivity index (χ0n) is 11.7. The van der Waals surface area contributed by atoms with Crippen LogP contribution in [0.2, 0.25) is 6.04 Å². The summed E-state index contributed by atoms with van der Waals surface area (Å²) in [6.45, 7) is 8.51. The third-order valence-corrected chi connectivity index (χ3v) is 5.57. The van der Waals surface area contributed by atoms with Crippen LogP contribution in [0.4, 0.5) is 0 Å². The molecule has 0 radical (unpaired) electrons. The molecule has 0 unspecified atom stereocenters. The fourth-order valence-corrected chi connectivity index (χ4v) is 4.44. The van der Waals surface area contributed by atoms with E-state index in [2.05, 4.69) is 6.92 Å². The van der Waals surface area contributed by atoms with Gasteiger partial charge in [0.1, 0.15) is 0 Å². The summed E-state index contributed by atoms with van der Waals surface area (Å²) in [5, 5.41) is 0. The van der Waals surface area contributed by atoms with E-state index in [-0.39, 0.29) is 0 Å². The molecular formula is C12H29NO3Si. The summed E-state index contributed by atoms with van der Waals surface area (Å²) < 4.78 is 17.4. The number of rotatable bonds is 12. The van der Waals surface area contributed by atoms with Crippen LogP contribution < -0.4 is 5.73 Å². The fourth-order valence-electron chi connectivity index (χ4n) is 1.76. The van der Waals surface area contributed by atoms with Crippen LogP contribution in [0, 0.1) is 0 Å². The Bertz CT molecular complexity index is 164. The topological polar surface area (TPSA) is 53.7 Å². The maximum absolute atomic E-state index is 5.81. The van der Waals surface area contributed by atoms with Crippen LogP contribution in [0.5, 0.6) is 0 Å². The third-order valence-electron chi connectivity index (χ3n) is 2.50. The second-order valence-electron chi connectivity index (χ2n) is 4.00. The molecule has 0 atom stereocenters. The lowest BCUT2D eigenvalue weighted by Gasteiger charge is -2.28. The highest BCUT2D eigenvalue weighted by Gasteiger charge is 2.39. The normalized spacial score (nSPS) is 12.0. The zero-order valence-corrected chi connectivity index (χ0v) is 12.7. The monoisotopic (exact) mass is 263 g/mol. The Balaban J connectivity index is 4.20. The van der Waals surface area contributed by atoms with Gasteiger partial charge in [-0.1, -0.05) is 26.2 Å². The van der Waals surface area contributed by atoms with E-state index in [1.807, 2.05) is 13.8 Å². The van der Waals surface area contributed by atoms with Crippen molar-refractivity contribution >= 4 is 8.80 Å². The Morgan fingerprint density at radius 1 is 0.882 bits per heavy atom. The zero-order chi connectivity index (χ0) is 13.0. The molecule has 0 aromatic carbocycles. The average molecular weight is 263 g/mol. The second kappa shape index (κ2) is 11.2. The Morgan fingerprint density at radius 2 is 1.53 bits per heavy atom. The van der Waals surface area contributed by atoms with Gasteiger partial charge in [0.15, 0.2) is 0 Å². The molecule has 0 amide bonds. The van der Waals surface area contributed by atoms with E-state index in [0.717, 1.165) is 12.5 Å². The van der Waals surface area contributed by atoms with Crippen molar-refractivity contribution < 1.29 is 13.3 Å². The molecule has 0 aliphatic rings. The lowest BCUT2D eigenvalue weighted by atomic mass is 10.2. The molecule has 0 saturated carbocycles. The van der Waals surface area contributed by atoms with Crippen molar-refractivity contribution in [1.82, 2.24) is 0 Å². The van der Waals surface area contributed by atoms with Crippen molar-refractivity contribution in [2.24, 2.45) is 5.73 Å². The van der Waals surface area contributed by atoms with Gasteiger partial charge in [-0.2, -0.15) is 0 Å². The molecule has 0 spiro atoms. The van der Waals surface area contributed by atoms with Gasteiger partial charge in [0.2, 0.25) is 0 Å². The smallest absolute Gasteiger partial charge is 0.374 e. The van der Waals surface area contributed by atoms with Crippen LogP contribution in [-0.4, -0.2) is 35.2 Å². The lowest BCUT2D eigenvalue weighted by molar-refractivity contribution is 0.0687. The van der Waals surface area contributed by atoms with Crippen LogP contribution in [-0.2, 0) is 13.3 Å². The van der Waals surface area contributed by atoms with Crippen molar-refractivity contribution in [2.75, 3.05) is 26.4 Å². The van der Waals surface area contributed by atoms with Gasteiger partial charge < -0.3 is 19.0 Å². The first-order valence-electron chi connectivity index (χ1n) is 6.86. The van der Waals surface area contributed by atoms with Crippen LogP contribution in [0.25, 0.3) is 0 Å². The van der Waals surface area contributed by atoms with E-state index in [9.17, 15) is 0 Å². The van der Waals surface area contributed by atoms with Gasteiger partial charge in [0.25, 0.3) is 0 Å². The van der Waals surface area contributed by atoms with Gasteiger partial charge in [0, 0.05) is 25.8 Å². The van der Waals surface area contributed by atoms with Crippen LogP contribution >= 0.6 is 0 Å². The van der Waals surface area contributed by atoms with E-state index >= 15 is 0 Å². The highest BCUT2D eigenvalue weighted by atomic mass is 28.4. The lowest BCUT2D eigenvalue weighted by Crippen LogP contribution is -2.46. The number of nitrogens with two attached hydrogens (primary N) is 1. The van der Waals surface area contributed by atoms with E-state index in [1.54, 1.807) is 0 Å². The molecule has 0 rings (SSSR count). The van der Waals surface area contributed by atoms with Gasteiger partial charge in [-0.25, -0.2) is 0 Å². The summed E-state index contributed by atoms with van der Waals surface area (Å²) in [4.78, 5) is 0. The predicted molar refractivity (Wildman–Crippen MR) is 73.0 cm³/mol. The summed E-state index contributed by atoms with van der Waals surface area (Å²) in [6.07, 6.45) is 4.84. The molecule has 0 fully saturated rings. The van der Waals surface area contributed by atoms with Gasteiger partial charge in [-0.3, -0.25) is 0 Å². The Hall–Kier alpha value is 0.0569. The molecule has 5 heteroatoms. The minimum atomic E-state index is -2.45. The maximum atomic E-state index is 5.81. The molecule has 0 aliphatic carbocycles. The molecule has 0 aromatic rings. The quantitative estimate of drug-likeness (QED) is 0.434. The number of unbranched alkanes of at least 4 members (excludes halogenated alkanes) is 3. The summed E-state index contributed by atoms with van der Waals surface area (Å²) in [6, 6.07) is 0.911. The van der Waals surface area contributed by atoms with Gasteiger partial charge in [0.05, 0.1) is 6.61 Å².